The van der Waals surface area contributed by atoms with Crippen LogP contribution in [-0.4, -0.2) is 36.6 Å². The van der Waals surface area contributed by atoms with Crippen molar-refractivity contribution < 1.29 is 9.47 Å². The molecule has 3 heteroatoms. The molecule has 0 aliphatic carbocycles. The molecule has 2 rings (SSSR count). The van der Waals surface area contributed by atoms with Gasteiger partial charge in [0, 0.05) is 13.1 Å². The number of nitrogens with zero attached hydrogens (tertiary/aromatic N) is 1. The van der Waals surface area contributed by atoms with Crippen molar-refractivity contribution in [1.29, 1.82) is 0 Å². The third kappa shape index (κ3) is 1.79. The van der Waals surface area contributed by atoms with E-state index in [4.69, 9.17) is 9.47 Å². The Balaban J connectivity index is 1.72. The van der Waals surface area contributed by atoms with Gasteiger partial charge in [0.1, 0.15) is 0 Å². The maximum atomic E-state index is 5.52. The molecule has 12 heavy (non-hydrogen) atoms. The predicted molar refractivity (Wildman–Crippen MR) is 45.7 cm³/mol. The second-order valence-electron chi connectivity index (χ2n) is 3.82. The van der Waals surface area contributed by atoms with Crippen LogP contribution in [0.1, 0.15) is 26.7 Å². The van der Waals surface area contributed by atoms with Crippen LogP contribution in [0.2, 0.25) is 0 Å². The third-order valence-electron chi connectivity index (χ3n) is 2.34. The third-order valence-corrected chi connectivity index (χ3v) is 2.34. The summed E-state index contributed by atoms with van der Waals surface area (Å²) in [5.74, 6) is 0. The lowest BCUT2D eigenvalue weighted by atomic mass is 10.4. The zero-order valence-electron chi connectivity index (χ0n) is 7.82. The molecule has 2 aliphatic rings. The maximum Gasteiger partial charge on any atom is 0.200 e. The minimum absolute atomic E-state index is 0.0584. The van der Waals surface area contributed by atoms with Crippen LogP contribution in [0, 0.1) is 0 Å². The topological polar surface area (TPSA) is 25.0 Å². The molecule has 70 valence electrons. The lowest BCUT2D eigenvalue weighted by Crippen LogP contribution is -2.25. The van der Waals surface area contributed by atoms with E-state index in [0.717, 1.165) is 0 Å². The molecule has 2 unspecified atom stereocenters. The number of rotatable bonds is 3. The molecule has 2 heterocycles. The zero-order valence-corrected chi connectivity index (χ0v) is 7.82. The summed E-state index contributed by atoms with van der Waals surface area (Å²) in [4.78, 5) is 2.37. The van der Waals surface area contributed by atoms with E-state index in [9.17, 15) is 0 Å². The molecule has 0 amide bonds. The Morgan fingerprint density at radius 2 is 2.00 bits per heavy atom. The maximum absolute atomic E-state index is 5.52. The second kappa shape index (κ2) is 3.32. The van der Waals surface area contributed by atoms with E-state index in [-0.39, 0.29) is 18.6 Å². The van der Waals surface area contributed by atoms with E-state index in [1.807, 2.05) is 13.8 Å². The molecule has 0 radical (unpaired) electrons. The SMILES string of the molecule is CC(C)OC1OC1N1CCCC1. The Kier molecular flexibility index (Phi) is 2.35. The highest BCUT2D eigenvalue weighted by Crippen LogP contribution is 2.30. The minimum Gasteiger partial charge on any atom is -0.346 e. The van der Waals surface area contributed by atoms with Gasteiger partial charge in [0.25, 0.3) is 0 Å². The molecule has 3 nitrogen and oxygen atoms in total. The van der Waals surface area contributed by atoms with Gasteiger partial charge >= 0.3 is 0 Å². The summed E-state index contributed by atoms with van der Waals surface area (Å²) in [6.45, 7) is 6.46. The smallest absolute Gasteiger partial charge is 0.200 e. The van der Waals surface area contributed by atoms with Gasteiger partial charge in [0.15, 0.2) is 12.5 Å². The zero-order chi connectivity index (χ0) is 8.55. The quantitative estimate of drug-likeness (QED) is 0.596. The van der Waals surface area contributed by atoms with Crippen molar-refractivity contribution in [3.05, 3.63) is 0 Å². The summed E-state index contributed by atoms with van der Waals surface area (Å²) in [6, 6.07) is 0. The number of ether oxygens (including phenoxy) is 2. The Hall–Kier alpha value is -0.120. The minimum atomic E-state index is 0.0584. The molecular formula is C9H17NO2. The molecule has 0 aromatic rings. The number of hydrogen-bond acceptors (Lipinski definition) is 3. The van der Waals surface area contributed by atoms with Crippen LogP contribution in [0.3, 0.4) is 0 Å². The van der Waals surface area contributed by atoms with Gasteiger partial charge in [-0.1, -0.05) is 0 Å². The van der Waals surface area contributed by atoms with Gasteiger partial charge < -0.3 is 9.47 Å². The van der Waals surface area contributed by atoms with Gasteiger partial charge in [0.2, 0.25) is 0 Å². The van der Waals surface area contributed by atoms with Gasteiger partial charge in [0.05, 0.1) is 6.10 Å². The molecule has 0 N–H and O–H groups in total. The average Bonchev–Trinajstić information content (AvgIpc) is 2.59. The highest BCUT2D eigenvalue weighted by Gasteiger charge is 2.45. The van der Waals surface area contributed by atoms with Crippen molar-refractivity contribution >= 4 is 0 Å². The fourth-order valence-electron chi connectivity index (χ4n) is 1.71. The molecule has 0 aromatic carbocycles. The number of likely N-dealkylation sites (tertiary alicyclic amines) is 1. The van der Waals surface area contributed by atoms with Gasteiger partial charge in [-0.25, -0.2) is 0 Å². The lowest BCUT2D eigenvalue weighted by Gasteiger charge is -2.10. The van der Waals surface area contributed by atoms with Crippen LogP contribution >= 0.6 is 0 Å². The van der Waals surface area contributed by atoms with Crippen LogP contribution in [0.25, 0.3) is 0 Å². The monoisotopic (exact) mass is 171 g/mol. The van der Waals surface area contributed by atoms with Crippen molar-refractivity contribution in [2.45, 2.75) is 45.3 Å². The fraction of sp³-hybridized carbons (Fsp3) is 1.00. The van der Waals surface area contributed by atoms with E-state index in [1.165, 1.54) is 25.9 Å². The summed E-state index contributed by atoms with van der Waals surface area (Å²) in [7, 11) is 0. The Morgan fingerprint density at radius 3 is 2.58 bits per heavy atom. The highest BCUT2D eigenvalue weighted by atomic mass is 16.8. The van der Waals surface area contributed by atoms with Crippen LogP contribution in [0.15, 0.2) is 0 Å². The van der Waals surface area contributed by atoms with E-state index in [0.29, 0.717) is 0 Å². The van der Waals surface area contributed by atoms with Crippen molar-refractivity contribution in [2.24, 2.45) is 0 Å². The van der Waals surface area contributed by atoms with E-state index >= 15 is 0 Å². The highest BCUT2D eigenvalue weighted by molar-refractivity contribution is 4.81. The molecule has 0 bridgehead atoms. The van der Waals surface area contributed by atoms with E-state index in [1.54, 1.807) is 0 Å². The van der Waals surface area contributed by atoms with E-state index < -0.39 is 0 Å². The van der Waals surface area contributed by atoms with Crippen molar-refractivity contribution in [3.63, 3.8) is 0 Å². The molecule has 2 aliphatic heterocycles. The molecular weight excluding hydrogens is 154 g/mol. The lowest BCUT2D eigenvalue weighted by molar-refractivity contribution is 0.00761. The van der Waals surface area contributed by atoms with Crippen LogP contribution in [0.5, 0.6) is 0 Å². The van der Waals surface area contributed by atoms with Crippen molar-refractivity contribution in [3.8, 4) is 0 Å². The van der Waals surface area contributed by atoms with E-state index in [2.05, 4.69) is 4.90 Å². The molecule has 0 saturated carbocycles. The summed E-state index contributed by atoms with van der Waals surface area (Å²) in [6.07, 6.45) is 3.24. The predicted octanol–water partition coefficient (Wildman–Crippen LogP) is 1.19. The summed E-state index contributed by atoms with van der Waals surface area (Å²) < 4.78 is 10.9. The van der Waals surface area contributed by atoms with Crippen LogP contribution < -0.4 is 0 Å². The number of hydrogen-bond donors (Lipinski definition) is 0. The Morgan fingerprint density at radius 1 is 1.33 bits per heavy atom. The summed E-state index contributed by atoms with van der Waals surface area (Å²) in [5.41, 5.74) is 0. The fourth-order valence-corrected chi connectivity index (χ4v) is 1.71. The molecule has 2 saturated heterocycles. The summed E-state index contributed by atoms with van der Waals surface area (Å²) in [5, 5.41) is 0. The molecule has 2 fully saturated rings. The van der Waals surface area contributed by atoms with Crippen LogP contribution in [-0.2, 0) is 9.47 Å². The first-order valence-corrected chi connectivity index (χ1v) is 4.82. The van der Waals surface area contributed by atoms with Gasteiger partial charge in [-0.2, -0.15) is 0 Å². The first-order chi connectivity index (χ1) is 5.77. The summed E-state index contributed by atoms with van der Waals surface area (Å²) >= 11 is 0. The first kappa shape index (κ1) is 8.48. The Bertz CT molecular complexity index is 155. The van der Waals surface area contributed by atoms with Gasteiger partial charge in [-0.15, -0.1) is 0 Å². The molecule has 2 atom stereocenters. The van der Waals surface area contributed by atoms with Crippen LogP contribution in [0.4, 0.5) is 0 Å². The number of epoxide rings is 1. The van der Waals surface area contributed by atoms with Gasteiger partial charge in [-0.05, 0) is 26.7 Å². The van der Waals surface area contributed by atoms with Crippen molar-refractivity contribution in [1.82, 2.24) is 4.90 Å². The average molecular weight is 171 g/mol. The second-order valence-corrected chi connectivity index (χ2v) is 3.82. The van der Waals surface area contributed by atoms with Gasteiger partial charge in [-0.3, -0.25) is 4.90 Å². The Labute approximate surface area is 73.6 Å². The first-order valence-electron chi connectivity index (χ1n) is 4.82. The molecule has 0 aromatic heterocycles. The molecule has 0 spiro atoms. The largest absolute Gasteiger partial charge is 0.346 e. The normalized spacial score (nSPS) is 36.2. The van der Waals surface area contributed by atoms with Crippen molar-refractivity contribution in [2.75, 3.05) is 13.1 Å². The standard InChI is InChI=1S/C9H17NO2/c1-7(2)11-9-8(12-9)10-5-3-4-6-10/h7-9H,3-6H2,1-2H3.